The van der Waals surface area contributed by atoms with Gasteiger partial charge in [0.25, 0.3) is 0 Å². The molecule has 0 bridgehead atoms. The maximum atomic E-state index is 12.7. The molecule has 3 N–H and O–H groups in total. The number of imidazole rings is 1. The third-order valence-corrected chi connectivity index (χ3v) is 4.31. The largest absolute Gasteiger partial charge is 0.416 e. The van der Waals surface area contributed by atoms with Crippen molar-refractivity contribution in [1.82, 2.24) is 9.55 Å². The second-order valence-corrected chi connectivity index (χ2v) is 5.96. The van der Waals surface area contributed by atoms with Gasteiger partial charge >= 0.3 is 11.9 Å². The Bertz CT molecular complexity index is 987. The average molecular weight is 363 g/mol. The van der Waals surface area contributed by atoms with Gasteiger partial charge in [0.15, 0.2) is 0 Å². The van der Waals surface area contributed by atoms with Crippen LogP contribution in [-0.2, 0) is 17.5 Å². The number of primary amides is 1. The van der Waals surface area contributed by atoms with Crippen LogP contribution in [0.5, 0.6) is 0 Å². The molecular formula is C18H16F3N3O2. The number of hydrogen-bond donors (Lipinski definition) is 2. The van der Waals surface area contributed by atoms with Crippen LogP contribution in [0.2, 0.25) is 0 Å². The van der Waals surface area contributed by atoms with Crippen molar-refractivity contribution >= 4 is 16.9 Å². The summed E-state index contributed by atoms with van der Waals surface area (Å²) in [6.07, 6.45) is -4.25. The number of aryl methyl sites for hydroxylation is 1. The molecule has 2 aromatic carbocycles. The minimum Gasteiger partial charge on any atom is -0.369 e. The molecule has 136 valence electrons. The Morgan fingerprint density at radius 3 is 2.38 bits per heavy atom. The van der Waals surface area contributed by atoms with E-state index in [1.807, 2.05) is 0 Å². The molecule has 0 spiro atoms. The van der Waals surface area contributed by atoms with Crippen molar-refractivity contribution in [3.8, 4) is 0 Å². The second kappa shape index (κ2) is 6.70. The lowest BCUT2D eigenvalue weighted by molar-refractivity contribution is -0.137. The van der Waals surface area contributed by atoms with Gasteiger partial charge in [-0.3, -0.25) is 9.36 Å². The Hall–Kier alpha value is -3.03. The lowest BCUT2D eigenvalue weighted by atomic mass is 9.94. The zero-order valence-corrected chi connectivity index (χ0v) is 13.6. The normalized spacial score (nSPS) is 13.0. The number of aromatic amines is 1. The number of halogens is 3. The second-order valence-electron chi connectivity index (χ2n) is 5.96. The van der Waals surface area contributed by atoms with Crippen molar-refractivity contribution in [2.24, 2.45) is 5.73 Å². The number of nitrogens with one attached hydrogen (secondary N) is 1. The van der Waals surface area contributed by atoms with Crippen LogP contribution in [0.3, 0.4) is 0 Å². The van der Waals surface area contributed by atoms with Crippen LogP contribution < -0.4 is 11.4 Å². The molecule has 1 atom stereocenters. The summed E-state index contributed by atoms with van der Waals surface area (Å²) in [4.78, 5) is 26.6. The number of nitrogens with two attached hydrogens (primary N) is 1. The number of aromatic nitrogens is 2. The molecule has 0 radical (unpaired) electrons. The topological polar surface area (TPSA) is 80.9 Å². The fraction of sp³-hybridized carbons (Fsp3) is 0.222. The first-order valence-corrected chi connectivity index (χ1v) is 7.91. The Balaban J connectivity index is 1.84. The minimum atomic E-state index is -4.45. The number of H-pyrrole nitrogens is 1. The number of carbonyl (C=O) groups is 1. The number of hydrogen-bond acceptors (Lipinski definition) is 2. The van der Waals surface area contributed by atoms with Crippen molar-refractivity contribution < 1.29 is 18.0 Å². The summed E-state index contributed by atoms with van der Waals surface area (Å²) in [5.74, 6) is -1.45. The highest BCUT2D eigenvalue weighted by molar-refractivity contribution is 5.82. The number of rotatable bonds is 5. The summed E-state index contributed by atoms with van der Waals surface area (Å²) < 4.78 is 39.5. The van der Waals surface area contributed by atoms with Crippen molar-refractivity contribution in [3.05, 3.63) is 70.1 Å². The monoisotopic (exact) mass is 363 g/mol. The molecule has 0 aliphatic heterocycles. The molecule has 0 aliphatic rings. The van der Waals surface area contributed by atoms with Crippen LogP contribution in [0.15, 0.2) is 53.3 Å². The van der Waals surface area contributed by atoms with Gasteiger partial charge in [0.1, 0.15) is 0 Å². The number of nitrogens with zero attached hydrogens (tertiary/aromatic N) is 1. The summed E-state index contributed by atoms with van der Waals surface area (Å²) in [6.45, 7) is 0.206. The van der Waals surface area contributed by atoms with E-state index in [0.717, 1.165) is 12.1 Å². The van der Waals surface area contributed by atoms with E-state index >= 15 is 0 Å². The van der Waals surface area contributed by atoms with E-state index in [1.165, 1.54) is 16.7 Å². The molecule has 26 heavy (non-hydrogen) atoms. The molecular weight excluding hydrogens is 347 g/mol. The summed E-state index contributed by atoms with van der Waals surface area (Å²) in [6, 6.07) is 11.4. The van der Waals surface area contributed by atoms with E-state index in [2.05, 4.69) is 4.98 Å². The Morgan fingerprint density at radius 1 is 1.12 bits per heavy atom. The first kappa shape index (κ1) is 17.8. The highest BCUT2D eigenvalue weighted by Crippen LogP contribution is 2.31. The van der Waals surface area contributed by atoms with Crippen LogP contribution >= 0.6 is 0 Å². The number of amides is 1. The molecule has 3 aromatic rings. The molecule has 1 unspecified atom stereocenters. The quantitative estimate of drug-likeness (QED) is 0.731. The third kappa shape index (κ3) is 3.49. The predicted molar refractivity (Wildman–Crippen MR) is 90.6 cm³/mol. The van der Waals surface area contributed by atoms with Gasteiger partial charge in [-0.25, -0.2) is 4.79 Å². The zero-order valence-electron chi connectivity index (χ0n) is 13.6. The first-order valence-electron chi connectivity index (χ1n) is 7.91. The molecule has 8 heteroatoms. The summed E-state index contributed by atoms with van der Waals surface area (Å²) >= 11 is 0. The number of fused-ring (bicyclic) bond motifs is 1. The number of benzene rings is 2. The zero-order chi connectivity index (χ0) is 18.9. The number of alkyl halides is 3. The lowest BCUT2D eigenvalue weighted by Gasteiger charge is -2.15. The Kier molecular flexibility index (Phi) is 4.58. The number of para-hydroxylation sites is 2. The van der Waals surface area contributed by atoms with E-state index in [-0.39, 0.29) is 18.7 Å². The summed E-state index contributed by atoms with van der Waals surface area (Å²) in [5.41, 5.74) is 6.06. The Labute approximate surface area is 146 Å². The van der Waals surface area contributed by atoms with Crippen LogP contribution in [0, 0.1) is 0 Å². The minimum absolute atomic E-state index is 0.197. The molecule has 0 saturated carbocycles. The van der Waals surface area contributed by atoms with Gasteiger partial charge in [-0.15, -0.1) is 0 Å². The van der Waals surface area contributed by atoms with E-state index in [1.54, 1.807) is 24.3 Å². The van der Waals surface area contributed by atoms with Crippen LogP contribution in [0.25, 0.3) is 11.0 Å². The van der Waals surface area contributed by atoms with Crippen molar-refractivity contribution in [3.63, 3.8) is 0 Å². The SMILES string of the molecule is NC(=O)C(CCn1c(=O)[nH]c2ccccc21)c1ccc(C(F)(F)F)cc1. The molecule has 0 saturated heterocycles. The molecule has 1 aromatic heterocycles. The molecule has 0 fully saturated rings. The summed E-state index contributed by atoms with van der Waals surface area (Å²) in [5, 5.41) is 0. The van der Waals surface area contributed by atoms with Crippen molar-refractivity contribution in [2.45, 2.75) is 25.1 Å². The Morgan fingerprint density at radius 2 is 1.77 bits per heavy atom. The standard InChI is InChI=1S/C18H16F3N3O2/c19-18(20,21)12-7-5-11(6-8-12)13(16(22)25)9-10-24-15-4-2-1-3-14(15)23-17(24)26/h1-8,13H,9-10H2,(H2,22,25)(H,23,26). The smallest absolute Gasteiger partial charge is 0.369 e. The molecule has 1 heterocycles. The summed E-state index contributed by atoms with van der Waals surface area (Å²) in [7, 11) is 0. The highest BCUT2D eigenvalue weighted by atomic mass is 19.4. The van der Waals surface area contributed by atoms with Gasteiger partial charge in [-0.2, -0.15) is 13.2 Å². The first-order chi connectivity index (χ1) is 12.3. The van der Waals surface area contributed by atoms with Gasteiger partial charge in [0.2, 0.25) is 5.91 Å². The average Bonchev–Trinajstić information content (AvgIpc) is 2.90. The molecule has 3 rings (SSSR count). The van der Waals surface area contributed by atoms with Crippen LogP contribution in [-0.4, -0.2) is 15.5 Å². The third-order valence-electron chi connectivity index (χ3n) is 4.31. The predicted octanol–water partition coefficient (Wildman–Crippen LogP) is 3.01. The molecule has 0 aliphatic carbocycles. The van der Waals surface area contributed by atoms with Crippen molar-refractivity contribution in [1.29, 1.82) is 0 Å². The maximum Gasteiger partial charge on any atom is 0.416 e. The van der Waals surface area contributed by atoms with Crippen LogP contribution in [0.1, 0.15) is 23.5 Å². The molecule has 1 amide bonds. The van der Waals surface area contributed by atoms with Gasteiger partial charge in [-0.05, 0) is 36.2 Å². The van der Waals surface area contributed by atoms with Gasteiger partial charge in [0, 0.05) is 6.54 Å². The van der Waals surface area contributed by atoms with Gasteiger partial charge < -0.3 is 10.7 Å². The lowest BCUT2D eigenvalue weighted by Crippen LogP contribution is -2.25. The van der Waals surface area contributed by atoms with E-state index in [0.29, 0.717) is 16.6 Å². The maximum absolute atomic E-state index is 12.7. The van der Waals surface area contributed by atoms with Gasteiger partial charge in [0.05, 0.1) is 22.5 Å². The number of carbonyl (C=O) groups excluding carboxylic acids is 1. The van der Waals surface area contributed by atoms with E-state index in [4.69, 9.17) is 5.73 Å². The van der Waals surface area contributed by atoms with E-state index in [9.17, 15) is 22.8 Å². The highest BCUT2D eigenvalue weighted by Gasteiger charge is 2.30. The van der Waals surface area contributed by atoms with Crippen molar-refractivity contribution in [2.75, 3.05) is 0 Å². The fourth-order valence-electron chi connectivity index (χ4n) is 2.96. The van der Waals surface area contributed by atoms with Crippen LogP contribution in [0.4, 0.5) is 13.2 Å². The molecule has 5 nitrogen and oxygen atoms in total. The fourth-order valence-corrected chi connectivity index (χ4v) is 2.96. The van der Waals surface area contributed by atoms with Gasteiger partial charge in [-0.1, -0.05) is 24.3 Å². The van der Waals surface area contributed by atoms with E-state index < -0.39 is 23.6 Å².